The molecular weight excluding hydrogens is 292 g/mol. The summed E-state index contributed by atoms with van der Waals surface area (Å²) in [6.07, 6.45) is 1.50. The van der Waals surface area contributed by atoms with E-state index in [1.54, 1.807) is 6.26 Å². The van der Waals surface area contributed by atoms with E-state index >= 15 is 0 Å². The van der Waals surface area contributed by atoms with E-state index < -0.39 is 10.0 Å². The number of hydrogen-bond donors (Lipinski definition) is 1. The minimum Gasteiger partial charge on any atom is -0.468 e. The van der Waals surface area contributed by atoms with Crippen molar-refractivity contribution in [3.05, 3.63) is 24.2 Å². The molecule has 7 heteroatoms. The van der Waals surface area contributed by atoms with Crippen LogP contribution in [0.5, 0.6) is 0 Å². The molecular formula is C14H24N2O4S. The van der Waals surface area contributed by atoms with E-state index in [9.17, 15) is 8.42 Å². The van der Waals surface area contributed by atoms with Crippen LogP contribution in [-0.4, -0.2) is 50.3 Å². The Morgan fingerprint density at radius 3 is 2.62 bits per heavy atom. The molecule has 1 fully saturated rings. The first kappa shape index (κ1) is 16.5. The third-order valence-corrected chi connectivity index (χ3v) is 5.36. The second kappa shape index (κ2) is 6.91. The Labute approximate surface area is 126 Å². The summed E-state index contributed by atoms with van der Waals surface area (Å²) in [5.74, 6) is 0.887. The third kappa shape index (κ3) is 4.54. The molecule has 2 heterocycles. The van der Waals surface area contributed by atoms with Gasteiger partial charge in [-0.2, -0.15) is 4.31 Å². The monoisotopic (exact) mass is 316 g/mol. The normalized spacial score (nSPS) is 25.9. The van der Waals surface area contributed by atoms with Gasteiger partial charge in [0, 0.05) is 19.6 Å². The smallest absolute Gasteiger partial charge is 0.215 e. The first-order chi connectivity index (χ1) is 9.88. The Hall–Kier alpha value is -0.890. The SMILES string of the molecule is CC1CN(S(=O)(=O)CCNC(C)c2ccco2)CC(C)O1. The van der Waals surface area contributed by atoms with Crippen LogP contribution >= 0.6 is 0 Å². The Balaban J connectivity index is 1.84. The summed E-state index contributed by atoms with van der Waals surface area (Å²) in [6.45, 7) is 7.00. The van der Waals surface area contributed by atoms with Crippen LogP contribution in [0, 0.1) is 0 Å². The topological polar surface area (TPSA) is 71.8 Å². The maximum atomic E-state index is 12.4. The Morgan fingerprint density at radius 2 is 2.05 bits per heavy atom. The highest BCUT2D eigenvalue weighted by atomic mass is 32.2. The number of ether oxygens (including phenoxy) is 1. The molecule has 0 spiro atoms. The van der Waals surface area contributed by atoms with Crippen molar-refractivity contribution in [3.8, 4) is 0 Å². The lowest BCUT2D eigenvalue weighted by molar-refractivity contribution is -0.0440. The molecule has 0 bridgehead atoms. The highest BCUT2D eigenvalue weighted by Crippen LogP contribution is 2.15. The van der Waals surface area contributed by atoms with Crippen LogP contribution in [-0.2, 0) is 14.8 Å². The Morgan fingerprint density at radius 1 is 1.38 bits per heavy atom. The lowest BCUT2D eigenvalue weighted by Crippen LogP contribution is -2.49. The molecule has 1 aliphatic heterocycles. The molecule has 3 unspecified atom stereocenters. The van der Waals surface area contributed by atoms with Gasteiger partial charge in [-0.05, 0) is 32.9 Å². The van der Waals surface area contributed by atoms with Crippen molar-refractivity contribution in [1.82, 2.24) is 9.62 Å². The Kier molecular flexibility index (Phi) is 5.43. The second-order valence-corrected chi connectivity index (χ2v) is 7.67. The van der Waals surface area contributed by atoms with Crippen molar-refractivity contribution in [3.63, 3.8) is 0 Å². The zero-order valence-corrected chi connectivity index (χ0v) is 13.6. The predicted molar refractivity (Wildman–Crippen MR) is 80.5 cm³/mol. The number of morpholine rings is 1. The number of nitrogens with one attached hydrogen (secondary N) is 1. The maximum Gasteiger partial charge on any atom is 0.215 e. The van der Waals surface area contributed by atoms with Crippen LogP contribution in [0.2, 0.25) is 0 Å². The zero-order chi connectivity index (χ0) is 15.5. The molecule has 3 atom stereocenters. The van der Waals surface area contributed by atoms with Gasteiger partial charge < -0.3 is 14.5 Å². The van der Waals surface area contributed by atoms with Crippen LogP contribution in [0.1, 0.15) is 32.6 Å². The fourth-order valence-corrected chi connectivity index (χ4v) is 4.04. The first-order valence-electron chi connectivity index (χ1n) is 7.28. The first-order valence-corrected chi connectivity index (χ1v) is 8.89. The van der Waals surface area contributed by atoms with E-state index in [-0.39, 0.29) is 24.0 Å². The summed E-state index contributed by atoms with van der Waals surface area (Å²) in [5, 5.41) is 3.17. The quantitative estimate of drug-likeness (QED) is 0.858. The summed E-state index contributed by atoms with van der Waals surface area (Å²) in [4.78, 5) is 0. The molecule has 1 aliphatic rings. The molecule has 1 aromatic heterocycles. The molecule has 0 saturated carbocycles. The number of furan rings is 1. The lowest BCUT2D eigenvalue weighted by Gasteiger charge is -2.34. The van der Waals surface area contributed by atoms with Gasteiger partial charge in [0.1, 0.15) is 5.76 Å². The number of sulfonamides is 1. The van der Waals surface area contributed by atoms with Crippen molar-refractivity contribution >= 4 is 10.0 Å². The molecule has 1 saturated heterocycles. The summed E-state index contributed by atoms with van der Waals surface area (Å²) in [6, 6.07) is 3.69. The lowest BCUT2D eigenvalue weighted by atomic mass is 10.2. The second-order valence-electron chi connectivity index (χ2n) is 5.58. The van der Waals surface area contributed by atoms with Crippen LogP contribution < -0.4 is 5.32 Å². The van der Waals surface area contributed by atoms with E-state index in [1.165, 1.54) is 4.31 Å². The standard InChI is InChI=1S/C14H24N2O4S/c1-11-9-16(10-12(2)20-11)21(17,18)8-6-15-13(3)14-5-4-7-19-14/h4-5,7,11-13,15H,6,8-10H2,1-3H3. The van der Waals surface area contributed by atoms with Crippen molar-refractivity contribution in [2.24, 2.45) is 0 Å². The van der Waals surface area contributed by atoms with Crippen molar-refractivity contribution in [2.75, 3.05) is 25.4 Å². The zero-order valence-electron chi connectivity index (χ0n) is 12.8. The molecule has 120 valence electrons. The predicted octanol–water partition coefficient (Wildman–Crippen LogP) is 1.37. The average Bonchev–Trinajstić information content (AvgIpc) is 2.91. The average molecular weight is 316 g/mol. The van der Waals surface area contributed by atoms with Crippen molar-refractivity contribution in [1.29, 1.82) is 0 Å². The Bertz CT molecular complexity index is 519. The van der Waals surface area contributed by atoms with Gasteiger partial charge >= 0.3 is 0 Å². The summed E-state index contributed by atoms with van der Waals surface area (Å²) in [5.41, 5.74) is 0. The fourth-order valence-electron chi connectivity index (χ4n) is 2.53. The molecule has 21 heavy (non-hydrogen) atoms. The maximum absolute atomic E-state index is 12.4. The highest BCUT2D eigenvalue weighted by Gasteiger charge is 2.30. The number of nitrogens with zero attached hydrogens (tertiary/aromatic N) is 1. The molecule has 0 amide bonds. The van der Waals surface area contributed by atoms with Gasteiger partial charge in [0.05, 0.1) is 30.3 Å². The molecule has 0 radical (unpaired) electrons. The summed E-state index contributed by atoms with van der Waals surface area (Å²) in [7, 11) is -3.25. The molecule has 0 aliphatic carbocycles. The minimum atomic E-state index is -3.25. The molecule has 6 nitrogen and oxygen atoms in total. The number of hydrogen-bond acceptors (Lipinski definition) is 5. The highest BCUT2D eigenvalue weighted by molar-refractivity contribution is 7.89. The number of rotatable bonds is 6. The van der Waals surface area contributed by atoms with Crippen molar-refractivity contribution < 1.29 is 17.6 Å². The van der Waals surface area contributed by atoms with Gasteiger partial charge in [-0.15, -0.1) is 0 Å². The van der Waals surface area contributed by atoms with E-state index in [1.807, 2.05) is 32.9 Å². The minimum absolute atomic E-state index is 0.00210. The molecule has 2 rings (SSSR count). The van der Waals surface area contributed by atoms with E-state index in [0.29, 0.717) is 19.6 Å². The van der Waals surface area contributed by atoms with Gasteiger partial charge in [0.2, 0.25) is 10.0 Å². The van der Waals surface area contributed by atoms with Gasteiger partial charge in [-0.3, -0.25) is 0 Å². The van der Waals surface area contributed by atoms with Gasteiger partial charge in [-0.25, -0.2) is 8.42 Å². The van der Waals surface area contributed by atoms with Gasteiger partial charge in [0.15, 0.2) is 0 Å². The van der Waals surface area contributed by atoms with Gasteiger partial charge in [-0.1, -0.05) is 0 Å². The summed E-state index contributed by atoms with van der Waals surface area (Å²) < 4.78 is 37.1. The molecule has 1 aromatic rings. The van der Waals surface area contributed by atoms with Crippen LogP contribution in [0.4, 0.5) is 0 Å². The van der Waals surface area contributed by atoms with E-state index in [4.69, 9.17) is 9.15 Å². The van der Waals surface area contributed by atoms with Gasteiger partial charge in [0.25, 0.3) is 0 Å². The van der Waals surface area contributed by atoms with E-state index in [0.717, 1.165) is 5.76 Å². The summed E-state index contributed by atoms with van der Waals surface area (Å²) >= 11 is 0. The van der Waals surface area contributed by atoms with Crippen molar-refractivity contribution in [2.45, 2.75) is 39.0 Å². The largest absolute Gasteiger partial charge is 0.468 e. The van der Waals surface area contributed by atoms with Crippen LogP contribution in [0.15, 0.2) is 22.8 Å². The molecule has 0 aromatic carbocycles. The molecule has 1 N–H and O–H groups in total. The third-order valence-electron chi connectivity index (χ3n) is 3.56. The van der Waals surface area contributed by atoms with Crippen LogP contribution in [0.25, 0.3) is 0 Å². The van der Waals surface area contributed by atoms with Crippen LogP contribution in [0.3, 0.4) is 0 Å². The van der Waals surface area contributed by atoms with E-state index in [2.05, 4.69) is 5.32 Å². The fraction of sp³-hybridized carbons (Fsp3) is 0.714.